The van der Waals surface area contributed by atoms with Crippen molar-refractivity contribution in [1.82, 2.24) is 36.0 Å². The molecule has 3 aliphatic heterocycles. The average molecular weight is 958 g/mol. The number of rotatable bonds is 13. The number of alkyl carbamates (subject to hydrolysis) is 1. The number of cyclic esters (lactones) is 1. The summed E-state index contributed by atoms with van der Waals surface area (Å²) in [5, 5.41) is 10.3. The third kappa shape index (κ3) is 15.2. The van der Waals surface area contributed by atoms with Gasteiger partial charge in [-0.2, -0.15) is 0 Å². The second-order valence-electron chi connectivity index (χ2n) is 18.8. The summed E-state index contributed by atoms with van der Waals surface area (Å²) < 4.78 is 45.0. The number of ether oxygens (including phenoxy) is 3. The number of hydrogen-bond donors (Lipinski definition) is 4. The summed E-state index contributed by atoms with van der Waals surface area (Å²) in [6.45, 7) is 5.28. The van der Waals surface area contributed by atoms with Gasteiger partial charge < -0.3 is 50.2 Å². The number of halogens is 2. The Hall–Kier alpha value is -6.15. The summed E-state index contributed by atoms with van der Waals surface area (Å²) in [7, 11) is 1.28. The van der Waals surface area contributed by atoms with Crippen LogP contribution in [0.5, 0.6) is 0 Å². The number of esters is 2. The van der Waals surface area contributed by atoms with Crippen LogP contribution in [0.3, 0.4) is 0 Å². The fraction of sp³-hybridized carbons (Fsp3) is 0.638. The van der Waals surface area contributed by atoms with E-state index in [0.717, 1.165) is 49.1 Å². The molecule has 0 radical (unpaired) electrons. The van der Waals surface area contributed by atoms with Gasteiger partial charge in [0.25, 0.3) is 0 Å². The number of hydrogen-bond acceptors (Lipinski definition) is 12. The molecule has 68 heavy (non-hydrogen) atoms. The first kappa shape index (κ1) is 52.8. The van der Waals surface area contributed by atoms with E-state index < -0.39 is 127 Å². The predicted molar refractivity (Wildman–Crippen MR) is 239 cm³/mol. The van der Waals surface area contributed by atoms with Crippen molar-refractivity contribution >= 4 is 53.5 Å². The van der Waals surface area contributed by atoms with Crippen molar-refractivity contribution in [2.45, 2.75) is 147 Å². The molecule has 0 aromatic heterocycles. The Labute approximate surface area is 394 Å². The molecule has 3 heterocycles. The third-order valence-corrected chi connectivity index (χ3v) is 12.3. The molecule has 4 aliphatic rings. The van der Waals surface area contributed by atoms with E-state index in [0.29, 0.717) is 18.9 Å². The van der Waals surface area contributed by atoms with Crippen LogP contribution in [0.1, 0.15) is 104 Å². The van der Waals surface area contributed by atoms with Gasteiger partial charge in [-0.3, -0.25) is 33.6 Å². The highest BCUT2D eigenvalue weighted by Crippen LogP contribution is 2.26. The van der Waals surface area contributed by atoms with Gasteiger partial charge in [0.05, 0.1) is 0 Å². The number of carbonyl (C=O) groups excluding carboxylic acids is 9. The van der Waals surface area contributed by atoms with Crippen molar-refractivity contribution in [3.8, 4) is 0 Å². The lowest BCUT2D eigenvalue weighted by Gasteiger charge is -2.35. The van der Waals surface area contributed by atoms with Gasteiger partial charge in [-0.25, -0.2) is 18.4 Å². The Morgan fingerprint density at radius 1 is 0.882 bits per heavy atom. The van der Waals surface area contributed by atoms with Crippen LogP contribution in [-0.2, 0) is 59.0 Å². The largest absolute Gasteiger partial charge is 0.463 e. The zero-order valence-electron chi connectivity index (χ0n) is 39.4. The highest BCUT2D eigenvalue weighted by Gasteiger charge is 2.44. The molecular formula is C47H65F2N7O12. The van der Waals surface area contributed by atoms with E-state index in [4.69, 9.17) is 14.2 Å². The third-order valence-electron chi connectivity index (χ3n) is 12.3. The number of nitrogens with zero attached hydrogens (tertiary/aromatic N) is 3. The monoisotopic (exact) mass is 957 g/mol. The summed E-state index contributed by atoms with van der Waals surface area (Å²) in [5.41, 5.74) is -0.712. The number of fused-ring (bicyclic) bond motifs is 2. The first-order valence-electron chi connectivity index (χ1n) is 23.4. The molecule has 0 spiro atoms. The Kier molecular flexibility index (Phi) is 18.8. The highest BCUT2D eigenvalue weighted by atomic mass is 19.1. The minimum absolute atomic E-state index is 0.00318. The summed E-state index contributed by atoms with van der Waals surface area (Å²) in [6.07, 6.45) is 7.81. The molecule has 19 nitrogen and oxygen atoms in total. The number of benzene rings is 1. The van der Waals surface area contributed by atoms with E-state index in [1.807, 2.05) is 0 Å². The quantitative estimate of drug-likeness (QED) is 0.0965. The van der Waals surface area contributed by atoms with Gasteiger partial charge in [0.2, 0.25) is 35.4 Å². The summed E-state index contributed by atoms with van der Waals surface area (Å²) in [5.74, 6) is -8.12. The maximum absolute atomic E-state index is 14.6. The molecule has 4 N–H and O–H groups in total. The Morgan fingerprint density at radius 3 is 2.19 bits per heavy atom. The highest BCUT2D eigenvalue weighted by molar-refractivity contribution is 5.98. The van der Waals surface area contributed by atoms with Crippen LogP contribution in [0.2, 0.25) is 0 Å². The normalized spacial score (nSPS) is 23.9. The molecule has 1 aromatic rings. The lowest BCUT2D eigenvalue weighted by molar-refractivity contribution is -0.158. The van der Waals surface area contributed by atoms with Gasteiger partial charge >= 0.3 is 18.0 Å². The Morgan fingerprint density at radius 2 is 1.53 bits per heavy atom. The molecule has 1 saturated carbocycles. The molecule has 374 valence electrons. The predicted octanol–water partition coefficient (Wildman–Crippen LogP) is 2.33. The summed E-state index contributed by atoms with van der Waals surface area (Å²) >= 11 is 0. The molecule has 7 amide bonds. The number of nitrogens with one attached hydrogen (secondary N) is 4. The topological polar surface area (TPSA) is 239 Å². The number of amides is 7. The van der Waals surface area contributed by atoms with Crippen LogP contribution in [-0.4, -0.2) is 150 Å². The maximum Gasteiger partial charge on any atom is 0.407 e. The summed E-state index contributed by atoms with van der Waals surface area (Å²) in [4.78, 5) is 126. The van der Waals surface area contributed by atoms with Crippen molar-refractivity contribution < 1.29 is 66.1 Å². The van der Waals surface area contributed by atoms with Crippen molar-refractivity contribution in [2.24, 2.45) is 5.92 Å². The molecule has 0 bridgehead atoms. The van der Waals surface area contributed by atoms with Gasteiger partial charge in [-0.15, -0.1) is 0 Å². The van der Waals surface area contributed by atoms with Gasteiger partial charge in [-0.05, 0) is 102 Å². The van der Waals surface area contributed by atoms with Crippen LogP contribution >= 0.6 is 0 Å². The van der Waals surface area contributed by atoms with Crippen LogP contribution in [0.25, 0.3) is 0 Å². The van der Waals surface area contributed by atoms with Crippen LogP contribution in [0.15, 0.2) is 30.4 Å². The van der Waals surface area contributed by atoms with E-state index in [9.17, 15) is 51.9 Å². The van der Waals surface area contributed by atoms with Crippen molar-refractivity contribution in [2.75, 3.05) is 39.9 Å². The fourth-order valence-electron chi connectivity index (χ4n) is 8.77. The van der Waals surface area contributed by atoms with Crippen molar-refractivity contribution in [3.63, 3.8) is 0 Å². The fourth-order valence-corrected chi connectivity index (χ4v) is 8.77. The smallest absolute Gasteiger partial charge is 0.407 e. The number of likely N-dealkylation sites (N-methyl/N-ethyl adjacent to an activating group) is 1. The van der Waals surface area contributed by atoms with Crippen molar-refractivity contribution in [3.05, 3.63) is 47.5 Å². The maximum atomic E-state index is 14.6. The first-order chi connectivity index (χ1) is 32.2. The Bertz CT molecular complexity index is 2060. The molecule has 0 unspecified atom stereocenters. The zero-order valence-corrected chi connectivity index (χ0v) is 39.4. The molecule has 21 heteroatoms. The van der Waals surface area contributed by atoms with Gasteiger partial charge in [0, 0.05) is 45.6 Å². The zero-order chi connectivity index (χ0) is 49.7. The molecule has 3 saturated heterocycles. The molecule has 6 atom stereocenters. The molecule has 4 fully saturated rings. The second kappa shape index (κ2) is 24.2. The van der Waals surface area contributed by atoms with Crippen LogP contribution in [0, 0.1) is 17.6 Å². The molecule has 5 rings (SSSR count). The average Bonchev–Trinajstić information content (AvgIpc) is 3.98. The number of carbonyl (C=O) groups is 9. The lowest BCUT2D eigenvalue weighted by Crippen LogP contribution is -2.61. The van der Waals surface area contributed by atoms with Gasteiger partial charge in [-0.1, -0.05) is 25.3 Å². The van der Waals surface area contributed by atoms with Gasteiger partial charge in [0.15, 0.2) is 0 Å². The SMILES string of the molecule is C[C@@H]1NC(=O)[C@H](COC(=O)CCCNC(=O)OC(C)(C)C)N(C)C(=O)[C@@H]2CCCN2C(=O)[C@@H](NC(=O)[C@H](Cc2cc(F)cc(F)c2)NC(=O)/C=C/C2CCCCC2)COC(=O)[C@@H]2CCCN2C1=O. The number of allylic oxidation sites excluding steroid dienone is 1. The van der Waals surface area contributed by atoms with E-state index in [1.54, 1.807) is 26.8 Å². The Balaban J connectivity index is 1.39. The first-order valence-corrected chi connectivity index (χ1v) is 23.4. The van der Waals surface area contributed by atoms with E-state index in [-0.39, 0.29) is 56.8 Å². The van der Waals surface area contributed by atoms with E-state index >= 15 is 0 Å². The minimum atomic E-state index is -1.67. The second-order valence-corrected chi connectivity index (χ2v) is 18.8. The molecular weight excluding hydrogens is 893 g/mol. The van der Waals surface area contributed by atoms with Crippen LogP contribution < -0.4 is 21.3 Å². The lowest BCUT2D eigenvalue weighted by atomic mass is 9.89. The minimum Gasteiger partial charge on any atom is -0.463 e. The van der Waals surface area contributed by atoms with Crippen molar-refractivity contribution in [1.29, 1.82) is 0 Å². The summed E-state index contributed by atoms with van der Waals surface area (Å²) in [6, 6.07) is -5.60. The van der Waals surface area contributed by atoms with E-state index in [1.165, 1.54) is 29.8 Å². The molecule has 1 aromatic carbocycles. The standard InChI is InChI=1S/C47H65F2N7O12/c1-28-42(61)56-21-11-15-36(56)45(64)67-26-34(53-40(59)33(24-30-22-31(48)25-32(49)23-30)52-38(57)18-17-29-12-7-6-8-13-29)43(62)55-20-10-14-35(55)44(63)54(5)37(41(60)51-28)27-66-39(58)16-9-19-50-46(65)68-47(2,3)4/h17-18,22-23,25,28-29,33-37H,6-16,19-21,24,26-27H2,1-5H3,(H,50,65)(H,51,60)(H,52,57)(H,53,59)/b18-17+/t28-,33-,34-,35-,36-,37-/m0/s1. The van der Waals surface area contributed by atoms with Crippen LogP contribution in [0.4, 0.5) is 13.6 Å². The van der Waals surface area contributed by atoms with E-state index in [2.05, 4.69) is 21.3 Å². The molecule has 1 aliphatic carbocycles. The van der Waals surface area contributed by atoms with Gasteiger partial charge in [0.1, 0.15) is 66.7 Å².